The van der Waals surface area contributed by atoms with Crippen LogP contribution in [0.25, 0.3) is 0 Å². The van der Waals surface area contributed by atoms with Crippen molar-refractivity contribution in [2.75, 3.05) is 6.54 Å². The van der Waals surface area contributed by atoms with E-state index in [0.29, 0.717) is 12.4 Å². The molecular weight excluding hydrogens is 140 g/mol. The molecule has 1 unspecified atom stereocenters. The van der Waals surface area contributed by atoms with Crippen molar-refractivity contribution in [1.29, 1.82) is 0 Å². The van der Waals surface area contributed by atoms with Crippen LogP contribution in [0, 0.1) is 0 Å². The predicted octanol–water partition coefficient (Wildman–Crippen LogP) is 0.251. The molecule has 0 aromatic rings. The van der Waals surface area contributed by atoms with Gasteiger partial charge in [-0.3, -0.25) is 4.28 Å². The second kappa shape index (κ2) is 2.34. The maximum atomic E-state index is 10.7. The van der Waals surface area contributed by atoms with Gasteiger partial charge in [0.25, 0.3) is 0 Å². The largest absolute Gasteiger partial charge is 0.341 e. The zero-order valence-electron chi connectivity index (χ0n) is 5.33. The van der Waals surface area contributed by atoms with E-state index in [-0.39, 0.29) is 0 Å². The standard InChI is InChI=1S/C4H8N2O2S/c1-3-6-4(2)5-8-9(6)7/h3H2,1-2H3. The average molecular weight is 148 g/mol. The Morgan fingerprint density at radius 3 is 2.78 bits per heavy atom. The van der Waals surface area contributed by atoms with Crippen LogP contribution in [0.2, 0.25) is 0 Å². The Balaban J connectivity index is 2.67. The van der Waals surface area contributed by atoms with Crippen molar-refractivity contribution in [3.05, 3.63) is 0 Å². The van der Waals surface area contributed by atoms with E-state index in [1.807, 2.05) is 6.92 Å². The van der Waals surface area contributed by atoms with E-state index in [0.717, 1.165) is 0 Å². The fourth-order valence-electron chi connectivity index (χ4n) is 0.614. The SMILES string of the molecule is CCN1C(C)=NOS1=O. The highest BCUT2D eigenvalue weighted by atomic mass is 32.2. The number of hydrogen-bond acceptors (Lipinski definition) is 3. The van der Waals surface area contributed by atoms with Crippen LogP contribution in [0.4, 0.5) is 0 Å². The summed E-state index contributed by atoms with van der Waals surface area (Å²) < 4.78 is 16.7. The fourth-order valence-corrected chi connectivity index (χ4v) is 1.33. The van der Waals surface area contributed by atoms with E-state index in [2.05, 4.69) is 9.44 Å². The molecule has 1 aliphatic rings. The van der Waals surface area contributed by atoms with E-state index < -0.39 is 11.3 Å². The summed E-state index contributed by atoms with van der Waals surface area (Å²) in [5.74, 6) is 0.677. The monoisotopic (exact) mass is 148 g/mol. The van der Waals surface area contributed by atoms with Crippen LogP contribution in [0.3, 0.4) is 0 Å². The number of hydrogen-bond donors (Lipinski definition) is 0. The Morgan fingerprint density at radius 2 is 2.56 bits per heavy atom. The summed E-state index contributed by atoms with van der Waals surface area (Å²) in [5, 5.41) is 3.51. The molecule has 0 radical (unpaired) electrons. The average Bonchev–Trinajstić information content (AvgIpc) is 2.12. The van der Waals surface area contributed by atoms with E-state index in [9.17, 15) is 4.21 Å². The van der Waals surface area contributed by atoms with Crippen molar-refractivity contribution < 1.29 is 8.49 Å². The molecule has 1 atom stereocenters. The third-order valence-electron chi connectivity index (χ3n) is 1.06. The third kappa shape index (κ3) is 1.05. The highest BCUT2D eigenvalue weighted by molar-refractivity contribution is 7.78. The van der Waals surface area contributed by atoms with Gasteiger partial charge in [0.05, 0.1) is 0 Å². The van der Waals surface area contributed by atoms with Gasteiger partial charge >= 0.3 is 11.3 Å². The summed E-state index contributed by atoms with van der Waals surface area (Å²) in [4.78, 5) is 0. The van der Waals surface area contributed by atoms with Gasteiger partial charge < -0.3 is 0 Å². The van der Waals surface area contributed by atoms with Gasteiger partial charge in [0.15, 0.2) is 5.84 Å². The normalized spacial score (nSPS) is 25.8. The van der Waals surface area contributed by atoms with Crippen molar-refractivity contribution in [2.45, 2.75) is 13.8 Å². The van der Waals surface area contributed by atoms with Crippen LogP contribution >= 0.6 is 0 Å². The van der Waals surface area contributed by atoms with Crippen LogP contribution in [-0.4, -0.2) is 20.9 Å². The molecule has 0 saturated carbocycles. The Morgan fingerprint density at radius 1 is 1.89 bits per heavy atom. The molecule has 1 aliphatic heterocycles. The molecule has 0 fully saturated rings. The highest BCUT2D eigenvalue weighted by Gasteiger charge is 2.20. The van der Waals surface area contributed by atoms with Crippen molar-refractivity contribution in [3.63, 3.8) is 0 Å². The van der Waals surface area contributed by atoms with Gasteiger partial charge in [-0.1, -0.05) is 5.16 Å². The van der Waals surface area contributed by atoms with Crippen LogP contribution in [0.15, 0.2) is 5.16 Å². The molecule has 9 heavy (non-hydrogen) atoms. The van der Waals surface area contributed by atoms with E-state index >= 15 is 0 Å². The van der Waals surface area contributed by atoms with Gasteiger partial charge in [-0.2, -0.15) is 4.21 Å². The maximum absolute atomic E-state index is 10.7. The van der Waals surface area contributed by atoms with Crippen molar-refractivity contribution in [1.82, 2.24) is 4.31 Å². The number of amidine groups is 1. The molecule has 0 spiro atoms. The summed E-state index contributed by atoms with van der Waals surface area (Å²) >= 11 is -1.36. The van der Waals surface area contributed by atoms with Gasteiger partial charge in [0.1, 0.15) is 0 Å². The molecule has 0 bridgehead atoms. The van der Waals surface area contributed by atoms with Crippen LogP contribution in [0.5, 0.6) is 0 Å². The summed E-state index contributed by atoms with van der Waals surface area (Å²) in [6.07, 6.45) is 0. The van der Waals surface area contributed by atoms with Crippen LogP contribution in [-0.2, 0) is 15.6 Å². The Bertz CT molecular complexity index is 168. The van der Waals surface area contributed by atoms with Crippen LogP contribution in [0.1, 0.15) is 13.8 Å². The topological polar surface area (TPSA) is 41.9 Å². The minimum Gasteiger partial charge on any atom is -0.269 e. The van der Waals surface area contributed by atoms with E-state index in [4.69, 9.17) is 0 Å². The Kier molecular flexibility index (Phi) is 1.70. The molecule has 1 rings (SSSR count). The van der Waals surface area contributed by atoms with Gasteiger partial charge in [-0.25, -0.2) is 4.31 Å². The molecule has 0 aromatic heterocycles. The molecule has 0 aliphatic carbocycles. The lowest BCUT2D eigenvalue weighted by Crippen LogP contribution is -2.25. The molecule has 52 valence electrons. The summed E-state index contributed by atoms with van der Waals surface area (Å²) in [6.45, 7) is 4.32. The van der Waals surface area contributed by atoms with E-state index in [1.165, 1.54) is 0 Å². The first-order chi connectivity index (χ1) is 4.25. The maximum Gasteiger partial charge on any atom is 0.341 e. The van der Waals surface area contributed by atoms with Crippen molar-refractivity contribution in [3.8, 4) is 0 Å². The lowest BCUT2D eigenvalue weighted by atomic mass is 10.6. The lowest BCUT2D eigenvalue weighted by molar-refractivity contribution is 0.378. The quantitative estimate of drug-likeness (QED) is 0.535. The minimum absolute atomic E-state index is 0.669. The van der Waals surface area contributed by atoms with Gasteiger partial charge in [-0.05, 0) is 13.8 Å². The Hall–Kier alpha value is -0.580. The number of rotatable bonds is 1. The van der Waals surface area contributed by atoms with Gasteiger partial charge in [0.2, 0.25) is 0 Å². The summed E-state index contributed by atoms with van der Waals surface area (Å²) in [5.41, 5.74) is 0. The lowest BCUT2D eigenvalue weighted by Gasteiger charge is -2.07. The minimum atomic E-state index is -1.36. The van der Waals surface area contributed by atoms with Crippen molar-refractivity contribution in [2.24, 2.45) is 5.16 Å². The first-order valence-corrected chi connectivity index (χ1v) is 3.70. The van der Waals surface area contributed by atoms with Crippen LogP contribution < -0.4 is 0 Å². The first-order valence-electron chi connectivity index (χ1n) is 2.67. The first kappa shape index (κ1) is 6.54. The predicted molar refractivity (Wildman–Crippen MR) is 34.7 cm³/mol. The Labute approximate surface area is 56.3 Å². The highest BCUT2D eigenvalue weighted by Crippen LogP contribution is 2.07. The van der Waals surface area contributed by atoms with Gasteiger partial charge in [-0.15, -0.1) is 0 Å². The number of nitrogens with zero attached hydrogens (tertiary/aromatic N) is 2. The molecule has 5 heteroatoms. The molecule has 0 saturated heterocycles. The third-order valence-corrected chi connectivity index (χ3v) is 2.15. The molecule has 0 N–H and O–H groups in total. The zero-order chi connectivity index (χ0) is 6.85. The fraction of sp³-hybridized carbons (Fsp3) is 0.750. The molecule has 0 aromatic carbocycles. The molecular formula is C4H8N2O2S. The zero-order valence-corrected chi connectivity index (χ0v) is 6.14. The second-order valence-electron chi connectivity index (χ2n) is 1.62. The molecule has 0 amide bonds. The molecule has 4 nitrogen and oxygen atoms in total. The molecule has 1 heterocycles. The van der Waals surface area contributed by atoms with Gasteiger partial charge in [0, 0.05) is 6.54 Å². The number of oxime groups is 1. The summed E-state index contributed by atoms with van der Waals surface area (Å²) in [6, 6.07) is 0. The van der Waals surface area contributed by atoms with Crippen molar-refractivity contribution >= 4 is 17.1 Å². The summed E-state index contributed by atoms with van der Waals surface area (Å²) in [7, 11) is 0. The second-order valence-corrected chi connectivity index (χ2v) is 2.65. The smallest absolute Gasteiger partial charge is 0.269 e. The van der Waals surface area contributed by atoms with E-state index in [1.54, 1.807) is 11.2 Å².